The molecule has 2 aliphatic rings. The Balaban J connectivity index is 1.73. The van der Waals surface area contributed by atoms with Gasteiger partial charge in [-0.1, -0.05) is 11.8 Å². The van der Waals surface area contributed by atoms with Crippen LogP contribution in [-0.4, -0.2) is 34.4 Å². The second kappa shape index (κ2) is 8.67. The average Bonchev–Trinajstić information content (AvgIpc) is 3.47. The molecule has 6 nitrogen and oxygen atoms in total. The quantitative estimate of drug-likeness (QED) is 0.591. The minimum Gasteiger partial charge on any atom is -0.506 e. The maximum atomic E-state index is 12.6. The van der Waals surface area contributed by atoms with E-state index in [1.54, 1.807) is 38.3 Å². The molecule has 1 fully saturated rings. The lowest BCUT2D eigenvalue weighted by molar-refractivity contribution is -0.138. The summed E-state index contributed by atoms with van der Waals surface area (Å²) < 4.78 is 12.7. The van der Waals surface area contributed by atoms with E-state index in [0.717, 1.165) is 11.3 Å². The third-order valence-corrected chi connectivity index (χ3v) is 6.42. The van der Waals surface area contributed by atoms with Crippen LogP contribution in [0.25, 0.3) is 6.08 Å². The SMILES string of the molecule is CCOC(=O)C1=C(O)/C(=C\c2cc(C)n(C3CC3)c2C)SC1=Nc1ccc(OC)cc1. The van der Waals surface area contributed by atoms with Crippen molar-refractivity contribution in [2.45, 2.75) is 39.7 Å². The highest BCUT2D eigenvalue weighted by Crippen LogP contribution is 2.42. The third kappa shape index (κ3) is 4.28. The van der Waals surface area contributed by atoms with Crippen molar-refractivity contribution >= 4 is 34.5 Å². The smallest absolute Gasteiger partial charge is 0.344 e. The third-order valence-electron chi connectivity index (χ3n) is 5.40. The van der Waals surface area contributed by atoms with Crippen molar-refractivity contribution in [1.82, 2.24) is 4.57 Å². The molecular formula is C24H26N2O4S. The highest BCUT2D eigenvalue weighted by molar-refractivity contribution is 8.18. The molecule has 1 aliphatic heterocycles. The number of benzene rings is 1. The molecule has 4 rings (SSSR count). The number of nitrogens with zero attached hydrogens (tertiary/aromatic N) is 2. The first-order valence-electron chi connectivity index (χ1n) is 10.3. The zero-order valence-corrected chi connectivity index (χ0v) is 19.0. The number of aliphatic hydroxyl groups is 1. The fraction of sp³-hybridized carbons (Fsp3) is 0.333. The molecule has 0 spiro atoms. The molecule has 0 radical (unpaired) electrons. The van der Waals surface area contributed by atoms with Gasteiger partial charge >= 0.3 is 5.97 Å². The summed E-state index contributed by atoms with van der Waals surface area (Å²) in [6.45, 7) is 6.15. The predicted octanol–water partition coefficient (Wildman–Crippen LogP) is 5.64. The lowest BCUT2D eigenvalue weighted by Crippen LogP contribution is -2.12. The number of esters is 1. The summed E-state index contributed by atoms with van der Waals surface area (Å²) in [7, 11) is 1.60. The molecule has 7 heteroatoms. The molecule has 0 amide bonds. The van der Waals surface area contributed by atoms with E-state index in [2.05, 4.69) is 29.5 Å². The van der Waals surface area contributed by atoms with Crippen molar-refractivity contribution in [1.29, 1.82) is 0 Å². The first kappa shape index (κ1) is 21.3. The van der Waals surface area contributed by atoms with Gasteiger partial charge in [0.1, 0.15) is 22.1 Å². The van der Waals surface area contributed by atoms with E-state index in [-0.39, 0.29) is 17.9 Å². The number of carbonyl (C=O) groups is 1. The Labute approximate surface area is 186 Å². The molecule has 1 N–H and O–H groups in total. The molecule has 2 aromatic rings. The van der Waals surface area contributed by atoms with E-state index in [1.807, 2.05) is 6.08 Å². The summed E-state index contributed by atoms with van der Waals surface area (Å²) >= 11 is 1.27. The van der Waals surface area contributed by atoms with Gasteiger partial charge in [-0.25, -0.2) is 9.79 Å². The Morgan fingerprint density at radius 1 is 1.29 bits per heavy atom. The van der Waals surface area contributed by atoms with Crippen LogP contribution in [-0.2, 0) is 9.53 Å². The fourth-order valence-corrected chi connectivity index (χ4v) is 4.78. The standard InChI is InChI=1S/C24H26N2O4S/c1-5-30-24(28)21-22(27)20(13-16-12-14(2)26(15(16)3)18-8-9-18)31-23(21)25-17-6-10-19(29-4)11-7-17/h6-7,10-13,18,27H,5,8-9H2,1-4H3/b20-13+,25-23?. The molecule has 0 saturated heterocycles. The summed E-state index contributed by atoms with van der Waals surface area (Å²) in [5.41, 5.74) is 4.17. The number of aryl methyl sites for hydroxylation is 1. The number of hydrogen-bond acceptors (Lipinski definition) is 6. The topological polar surface area (TPSA) is 73.0 Å². The number of rotatable bonds is 6. The van der Waals surface area contributed by atoms with E-state index in [4.69, 9.17) is 9.47 Å². The van der Waals surface area contributed by atoms with E-state index in [1.165, 1.54) is 36.0 Å². The number of aliphatic imine (C=N–C) groups is 1. The second-order valence-electron chi connectivity index (χ2n) is 7.60. The lowest BCUT2D eigenvalue weighted by atomic mass is 10.2. The molecule has 1 aliphatic carbocycles. The van der Waals surface area contributed by atoms with E-state index in [9.17, 15) is 9.90 Å². The van der Waals surface area contributed by atoms with Crippen LogP contribution in [0.2, 0.25) is 0 Å². The second-order valence-corrected chi connectivity index (χ2v) is 8.63. The van der Waals surface area contributed by atoms with Crippen LogP contribution in [0, 0.1) is 13.8 Å². The number of aliphatic hydroxyl groups excluding tert-OH is 1. The Kier molecular flexibility index (Phi) is 5.96. The predicted molar refractivity (Wildman–Crippen MR) is 124 cm³/mol. The van der Waals surface area contributed by atoms with Crippen LogP contribution < -0.4 is 4.74 Å². The number of methoxy groups -OCH3 is 1. The van der Waals surface area contributed by atoms with Gasteiger partial charge in [0.25, 0.3) is 0 Å². The van der Waals surface area contributed by atoms with Gasteiger partial charge in [-0.2, -0.15) is 0 Å². The van der Waals surface area contributed by atoms with Crippen LogP contribution in [0.5, 0.6) is 5.75 Å². The number of ether oxygens (including phenoxy) is 2. The number of carbonyl (C=O) groups excluding carboxylic acids is 1. The Bertz CT molecular complexity index is 1110. The van der Waals surface area contributed by atoms with Gasteiger partial charge in [0.2, 0.25) is 0 Å². The fourth-order valence-electron chi connectivity index (χ4n) is 3.75. The molecule has 0 unspecified atom stereocenters. The molecule has 0 atom stereocenters. The largest absolute Gasteiger partial charge is 0.506 e. The number of aromatic nitrogens is 1. The summed E-state index contributed by atoms with van der Waals surface area (Å²) in [6.07, 6.45) is 4.34. The number of hydrogen-bond donors (Lipinski definition) is 1. The molecule has 0 bridgehead atoms. The van der Waals surface area contributed by atoms with Gasteiger partial charge < -0.3 is 19.1 Å². The van der Waals surface area contributed by atoms with Gasteiger partial charge in [-0.3, -0.25) is 0 Å². The van der Waals surface area contributed by atoms with Gasteiger partial charge in [0.15, 0.2) is 0 Å². The van der Waals surface area contributed by atoms with Gasteiger partial charge in [0, 0.05) is 17.4 Å². The van der Waals surface area contributed by atoms with Gasteiger partial charge in [-0.05, 0) is 75.6 Å². The molecule has 1 saturated carbocycles. The molecular weight excluding hydrogens is 412 g/mol. The van der Waals surface area contributed by atoms with Crippen molar-refractivity contribution in [3.8, 4) is 5.75 Å². The maximum Gasteiger partial charge on any atom is 0.344 e. The number of thioether (sulfide) groups is 1. The molecule has 1 aromatic carbocycles. The van der Waals surface area contributed by atoms with Crippen molar-refractivity contribution in [3.05, 3.63) is 63.5 Å². The Morgan fingerprint density at radius 3 is 2.61 bits per heavy atom. The molecule has 2 heterocycles. The summed E-state index contributed by atoms with van der Waals surface area (Å²) in [6, 6.07) is 9.91. The highest BCUT2D eigenvalue weighted by Gasteiger charge is 2.34. The zero-order valence-electron chi connectivity index (χ0n) is 18.1. The van der Waals surface area contributed by atoms with E-state index in [0.29, 0.717) is 21.7 Å². The minimum atomic E-state index is -0.577. The molecule has 162 valence electrons. The zero-order chi connectivity index (χ0) is 22.1. The monoisotopic (exact) mass is 438 g/mol. The Hall–Kier alpha value is -2.93. The van der Waals surface area contributed by atoms with Gasteiger partial charge in [0.05, 0.1) is 24.3 Å². The average molecular weight is 439 g/mol. The van der Waals surface area contributed by atoms with Crippen molar-refractivity contribution in [2.75, 3.05) is 13.7 Å². The van der Waals surface area contributed by atoms with E-state index >= 15 is 0 Å². The van der Waals surface area contributed by atoms with Crippen LogP contribution in [0.15, 0.2) is 51.6 Å². The summed E-state index contributed by atoms with van der Waals surface area (Å²) in [5.74, 6) is 0.0530. The summed E-state index contributed by atoms with van der Waals surface area (Å²) in [4.78, 5) is 17.8. The van der Waals surface area contributed by atoms with E-state index < -0.39 is 5.97 Å². The van der Waals surface area contributed by atoms with Crippen LogP contribution in [0.4, 0.5) is 5.69 Å². The van der Waals surface area contributed by atoms with Crippen LogP contribution in [0.3, 0.4) is 0 Å². The normalized spacial score (nSPS) is 18.8. The minimum absolute atomic E-state index is 0.0908. The lowest BCUT2D eigenvalue weighted by Gasteiger charge is -2.07. The van der Waals surface area contributed by atoms with Crippen molar-refractivity contribution in [2.24, 2.45) is 4.99 Å². The molecule has 1 aromatic heterocycles. The summed E-state index contributed by atoms with van der Waals surface area (Å²) in [5, 5.41) is 11.3. The first-order chi connectivity index (χ1) is 14.9. The molecule has 31 heavy (non-hydrogen) atoms. The van der Waals surface area contributed by atoms with Crippen molar-refractivity contribution in [3.63, 3.8) is 0 Å². The van der Waals surface area contributed by atoms with Gasteiger partial charge in [-0.15, -0.1) is 0 Å². The Morgan fingerprint density at radius 2 is 2.00 bits per heavy atom. The van der Waals surface area contributed by atoms with Crippen molar-refractivity contribution < 1.29 is 19.4 Å². The van der Waals surface area contributed by atoms with Crippen LogP contribution in [0.1, 0.15) is 42.8 Å². The highest BCUT2D eigenvalue weighted by atomic mass is 32.2. The first-order valence-corrected chi connectivity index (χ1v) is 11.2. The van der Waals surface area contributed by atoms with Crippen LogP contribution >= 0.6 is 11.8 Å². The maximum absolute atomic E-state index is 12.6.